The zero-order valence-electron chi connectivity index (χ0n) is 13.8. The fourth-order valence-corrected chi connectivity index (χ4v) is 5.16. The average molecular weight is 606 g/mol. The average Bonchev–Trinajstić information content (AvgIpc) is 2.58. The molecule has 0 spiro atoms. The van der Waals surface area contributed by atoms with Gasteiger partial charge in [0, 0.05) is 14.4 Å². The Morgan fingerprint density at radius 3 is 2.00 bits per heavy atom. The van der Waals surface area contributed by atoms with Gasteiger partial charge in [-0.3, -0.25) is 5.26 Å². The van der Waals surface area contributed by atoms with Gasteiger partial charge in [0.05, 0.1) is 11.1 Å². The molecule has 0 fully saturated rings. The van der Waals surface area contributed by atoms with Gasteiger partial charge in [0.15, 0.2) is 22.0 Å². The Morgan fingerprint density at radius 2 is 1.56 bits per heavy atom. The second kappa shape index (κ2) is 10.3. The van der Waals surface area contributed by atoms with E-state index in [0.29, 0.717) is 12.4 Å². The highest BCUT2D eigenvalue weighted by Crippen LogP contribution is 2.47. The smallest absolute Gasteiger partial charge is 0.179 e. The van der Waals surface area contributed by atoms with Crippen molar-refractivity contribution in [3.63, 3.8) is 0 Å². The van der Waals surface area contributed by atoms with Crippen molar-refractivity contribution in [3.05, 3.63) is 54.9 Å². The van der Waals surface area contributed by atoms with E-state index in [-0.39, 0.29) is 11.2 Å². The summed E-state index contributed by atoms with van der Waals surface area (Å²) >= 11 is 13.8. The molecule has 0 aliphatic carbocycles. The van der Waals surface area contributed by atoms with Crippen LogP contribution in [0.4, 0.5) is 0 Å². The van der Waals surface area contributed by atoms with E-state index in [4.69, 9.17) is 9.09 Å². The van der Waals surface area contributed by atoms with E-state index in [1.807, 2.05) is 18.2 Å². The lowest BCUT2D eigenvalue weighted by atomic mass is 9.78. The molecule has 2 N–H and O–H groups in total. The first-order chi connectivity index (χ1) is 11.7. The summed E-state index contributed by atoms with van der Waals surface area (Å²) in [6.45, 7) is 6.34. The Hall–Kier alpha value is -0.120. The van der Waals surface area contributed by atoms with Crippen molar-refractivity contribution < 1.29 is 19.1 Å². The second-order valence-electron chi connectivity index (χ2n) is 5.53. The lowest BCUT2D eigenvalue weighted by molar-refractivity contribution is -0.237. The van der Waals surface area contributed by atoms with Gasteiger partial charge in [-0.1, -0.05) is 41.9 Å². The summed E-state index contributed by atoms with van der Waals surface area (Å²) in [5, 5.41) is 16.8. The van der Waals surface area contributed by atoms with Crippen molar-refractivity contribution in [1.82, 2.24) is 0 Å². The van der Waals surface area contributed by atoms with Crippen LogP contribution in [-0.4, -0.2) is 17.0 Å². The van der Waals surface area contributed by atoms with Crippen LogP contribution in [0, 0.1) is 0 Å². The van der Waals surface area contributed by atoms with Gasteiger partial charge in [-0.2, -0.15) is 0 Å². The number of halogens is 4. The quantitative estimate of drug-likeness (QED) is 0.220. The Balaban J connectivity index is 0.000000705. The van der Waals surface area contributed by atoms with Gasteiger partial charge in [0.25, 0.3) is 0 Å². The van der Waals surface area contributed by atoms with Crippen LogP contribution in [-0.2, 0) is 10.3 Å². The molecule has 4 nitrogen and oxygen atoms in total. The molecule has 0 saturated carbocycles. The second-order valence-corrected chi connectivity index (χ2v) is 8.29. The van der Waals surface area contributed by atoms with Crippen LogP contribution in [0.5, 0.6) is 11.5 Å². The zero-order valence-corrected chi connectivity index (χ0v) is 20.2. The van der Waals surface area contributed by atoms with Crippen molar-refractivity contribution in [1.29, 1.82) is 0 Å². The molecule has 0 atom stereocenters. The van der Waals surface area contributed by atoms with Crippen LogP contribution in [0.3, 0.4) is 0 Å². The highest BCUT2D eigenvalue weighted by atomic mass is 79.9. The molecule has 138 valence electrons. The third kappa shape index (κ3) is 5.68. The normalized spacial score (nSPS) is 10.9. The molecule has 0 saturated heterocycles. The standard InChI is InChI=1S/C15H12Br4O2.C2H6O2/c1-15(2,8-3-5-9(20)6-4-8)12-10(16)7-11(21-19)13(17)14(12)18;1-2-4-3/h3-7,20H,1-2H3;3H,2H2,1H3. The first-order valence-electron chi connectivity index (χ1n) is 7.23. The van der Waals surface area contributed by atoms with Crippen LogP contribution in [0.25, 0.3) is 0 Å². The zero-order chi connectivity index (χ0) is 19.2. The highest BCUT2D eigenvalue weighted by Gasteiger charge is 2.30. The van der Waals surface area contributed by atoms with E-state index in [2.05, 4.69) is 82.8 Å². The SMILES string of the molecule is CC(C)(c1ccc(O)cc1)c1c(Br)cc(OBr)c(Br)c1Br.CCOO. The molecule has 2 rings (SSSR count). The number of hydrogen-bond donors (Lipinski definition) is 2. The molecule has 0 aromatic heterocycles. The largest absolute Gasteiger partial charge is 0.508 e. The summed E-state index contributed by atoms with van der Waals surface area (Å²) in [6, 6.07) is 9.16. The monoisotopic (exact) mass is 602 g/mol. The van der Waals surface area contributed by atoms with Gasteiger partial charge in [0.1, 0.15) is 5.75 Å². The lowest BCUT2D eigenvalue weighted by Crippen LogP contribution is -2.20. The van der Waals surface area contributed by atoms with Gasteiger partial charge in [-0.25, -0.2) is 4.89 Å². The molecule has 2 aromatic rings. The maximum Gasteiger partial charge on any atom is 0.179 e. The molecule has 0 radical (unpaired) electrons. The summed E-state index contributed by atoms with van der Waals surface area (Å²) in [4.78, 5) is 3.54. The number of phenols is 1. The van der Waals surface area contributed by atoms with Crippen LogP contribution >= 0.6 is 64.0 Å². The summed E-state index contributed by atoms with van der Waals surface area (Å²) < 4.78 is 7.86. The molecule has 0 bridgehead atoms. The summed E-state index contributed by atoms with van der Waals surface area (Å²) in [6.07, 6.45) is 0. The molecular formula is C17H18Br4O4. The molecule has 2 aromatic carbocycles. The molecule has 0 heterocycles. The van der Waals surface area contributed by atoms with Gasteiger partial charge in [0.2, 0.25) is 0 Å². The van der Waals surface area contributed by atoms with Crippen molar-refractivity contribution in [2.75, 3.05) is 6.61 Å². The van der Waals surface area contributed by atoms with Crippen molar-refractivity contribution in [2.24, 2.45) is 0 Å². The van der Waals surface area contributed by atoms with Gasteiger partial charge < -0.3 is 8.93 Å². The minimum absolute atomic E-state index is 0.261. The molecular weight excluding hydrogens is 588 g/mol. The van der Waals surface area contributed by atoms with E-state index in [9.17, 15) is 5.11 Å². The summed E-state index contributed by atoms with van der Waals surface area (Å²) in [5.41, 5.74) is 1.92. The number of rotatable bonds is 4. The van der Waals surface area contributed by atoms with Crippen molar-refractivity contribution in [2.45, 2.75) is 26.2 Å². The van der Waals surface area contributed by atoms with Crippen molar-refractivity contribution in [3.8, 4) is 11.5 Å². The molecule has 8 heteroatoms. The molecule has 0 aliphatic rings. The maximum absolute atomic E-state index is 9.47. The molecule has 25 heavy (non-hydrogen) atoms. The Kier molecular flexibility index (Phi) is 9.42. The van der Waals surface area contributed by atoms with E-state index in [1.54, 1.807) is 19.1 Å². The van der Waals surface area contributed by atoms with Gasteiger partial charge in [-0.05, 0) is 68.1 Å². The number of hydrogen-bond acceptors (Lipinski definition) is 4. The van der Waals surface area contributed by atoms with Crippen LogP contribution in [0.15, 0.2) is 43.7 Å². The fourth-order valence-electron chi connectivity index (χ4n) is 2.22. The summed E-state index contributed by atoms with van der Waals surface area (Å²) in [5.74, 6) is 0.941. The van der Waals surface area contributed by atoms with E-state index < -0.39 is 0 Å². The fraction of sp³-hybridized carbons (Fsp3) is 0.294. The molecule has 0 amide bonds. The van der Waals surface area contributed by atoms with Crippen molar-refractivity contribution >= 4 is 64.0 Å². The number of aromatic hydroxyl groups is 1. The molecule has 0 unspecified atom stereocenters. The molecule has 0 aliphatic heterocycles. The first-order valence-corrected chi connectivity index (χ1v) is 10.3. The highest BCUT2D eigenvalue weighted by molar-refractivity contribution is 9.13. The third-order valence-corrected chi connectivity index (χ3v) is 6.64. The topological polar surface area (TPSA) is 58.9 Å². The summed E-state index contributed by atoms with van der Waals surface area (Å²) in [7, 11) is 0. The van der Waals surface area contributed by atoms with Gasteiger partial charge in [-0.15, -0.1) is 0 Å². The van der Waals surface area contributed by atoms with Crippen LogP contribution in [0.1, 0.15) is 31.9 Å². The lowest BCUT2D eigenvalue weighted by Gasteiger charge is -2.29. The third-order valence-electron chi connectivity index (χ3n) is 3.55. The predicted octanol–water partition coefficient (Wildman–Crippen LogP) is 7.19. The number of phenolic OH excluding ortho intramolecular Hbond substituents is 1. The minimum atomic E-state index is -0.265. The Labute approximate surface area is 181 Å². The van der Waals surface area contributed by atoms with Gasteiger partial charge >= 0.3 is 0 Å². The minimum Gasteiger partial charge on any atom is -0.508 e. The van der Waals surface area contributed by atoms with E-state index >= 15 is 0 Å². The number of benzene rings is 2. The first kappa shape index (κ1) is 22.9. The van der Waals surface area contributed by atoms with Crippen LogP contribution in [0.2, 0.25) is 0 Å². The maximum atomic E-state index is 9.47. The van der Waals surface area contributed by atoms with E-state index in [0.717, 1.165) is 24.5 Å². The van der Waals surface area contributed by atoms with Crippen LogP contribution < -0.4 is 3.83 Å². The Bertz CT molecular complexity index is 701. The Morgan fingerprint density at radius 1 is 1.04 bits per heavy atom. The predicted molar refractivity (Wildman–Crippen MR) is 114 cm³/mol. The van der Waals surface area contributed by atoms with E-state index in [1.165, 1.54) is 0 Å².